The van der Waals surface area contributed by atoms with Gasteiger partial charge in [0.1, 0.15) is 0 Å². The molecule has 4 heteroatoms. The number of hydrogen-bond donors (Lipinski definition) is 3. The van der Waals surface area contributed by atoms with Crippen molar-refractivity contribution >= 4 is 16.8 Å². The van der Waals surface area contributed by atoms with Crippen LogP contribution in [0, 0.1) is 6.92 Å². The molecule has 0 saturated heterocycles. The van der Waals surface area contributed by atoms with Gasteiger partial charge in [0.05, 0.1) is 5.60 Å². The second-order valence-corrected chi connectivity index (χ2v) is 6.02. The first-order valence-electron chi connectivity index (χ1n) is 8.03. The molecule has 120 valence electrons. The molecule has 1 amide bonds. The van der Waals surface area contributed by atoms with E-state index in [4.69, 9.17) is 0 Å². The molecule has 22 heavy (non-hydrogen) atoms. The topological polar surface area (TPSA) is 65.1 Å². The molecule has 0 aliphatic carbocycles. The summed E-state index contributed by atoms with van der Waals surface area (Å²) < 4.78 is 0. The number of H-pyrrole nitrogens is 1. The van der Waals surface area contributed by atoms with Gasteiger partial charge in [-0.15, -0.1) is 0 Å². The second kappa shape index (κ2) is 6.97. The predicted molar refractivity (Wildman–Crippen MR) is 89.9 cm³/mol. The van der Waals surface area contributed by atoms with Crippen LogP contribution in [0.2, 0.25) is 0 Å². The number of carbonyl (C=O) groups is 1. The number of carbonyl (C=O) groups excluding carboxylic acids is 1. The molecule has 1 heterocycles. The van der Waals surface area contributed by atoms with Crippen molar-refractivity contribution in [2.75, 3.05) is 6.54 Å². The van der Waals surface area contributed by atoms with E-state index in [0.29, 0.717) is 32.2 Å². The number of aromatic nitrogens is 1. The Labute approximate surface area is 131 Å². The van der Waals surface area contributed by atoms with E-state index in [9.17, 15) is 9.90 Å². The summed E-state index contributed by atoms with van der Waals surface area (Å²) in [6, 6.07) is 6.20. The Bertz CT molecular complexity index is 642. The molecule has 0 fully saturated rings. The number of amides is 1. The second-order valence-electron chi connectivity index (χ2n) is 6.02. The lowest BCUT2D eigenvalue weighted by Crippen LogP contribution is -2.42. The van der Waals surface area contributed by atoms with Crippen LogP contribution in [0.3, 0.4) is 0 Å². The van der Waals surface area contributed by atoms with Crippen LogP contribution in [-0.4, -0.2) is 28.1 Å². The molecule has 0 radical (unpaired) electrons. The zero-order valence-corrected chi connectivity index (χ0v) is 13.7. The third kappa shape index (κ3) is 3.69. The molecule has 0 unspecified atom stereocenters. The van der Waals surface area contributed by atoms with Crippen LogP contribution in [0.1, 0.15) is 44.2 Å². The van der Waals surface area contributed by atoms with Gasteiger partial charge in [-0.1, -0.05) is 32.0 Å². The van der Waals surface area contributed by atoms with E-state index in [-0.39, 0.29) is 5.91 Å². The van der Waals surface area contributed by atoms with E-state index < -0.39 is 5.60 Å². The molecule has 0 bridgehead atoms. The van der Waals surface area contributed by atoms with Crippen LogP contribution in [0.4, 0.5) is 0 Å². The number of aromatic amines is 1. The molecule has 0 saturated carbocycles. The van der Waals surface area contributed by atoms with Gasteiger partial charge in [-0.2, -0.15) is 0 Å². The Morgan fingerprint density at radius 1 is 1.32 bits per heavy atom. The number of aryl methyl sites for hydroxylation is 2. The average molecular weight is 302 g/mol. The first-order valence-corrected chi connectivity index (χ1v) is 8.03. The normalized spacial score (nSPS) is 11.8. The zero-order valence-electron chi connectivity index (χ0n) is 13.7. The molecule has 2 rings (SSSR count). The van der Waals surface area contributed by atoms with Gasteiger partial charge in [0, 0.05) is 30.1 Å². The highest BCUT2D eigenvalue weighted by molar-refractivity contribution is 5.86. The molecule has 1 aromatic carbocycles. The van der Waals surface area contributed by atoms with Crippen LogP contribution >= 0.6 is 0 Å². The number of fused-ring (bicyclic) bond motifs is 1. The van der Waals surface area contributed by atoms with Crippen molar-refractivity contribution in [3.8, 4) is 0 Å². The molecule has 1 aromatic heterocycles. The van der Waals surface area contributed by atoms with Gasteiger partial charge < -0.3 is 15.4 Å². The molecule has 3 N–H and O–H groups in total. The summed E-state index contributed by atoms with van der Waals surface area (Å²) >= 11 is 0. The smallest absolute Gasteiger partial charge is 0.220 e. The number of hydrogen-bond acceptors (Lipinski definition) is 2. The van der Waals surface area contributed by atoms with Crippen molar-refractivity contribution in [1.82, 2.24) is 10.3 Å². The van der Waals surface area contributed by atoms with E-state index in [1.165, 1.54) is 10.9 Å². The highest BCUT2D eigenvalue weighted by Gasteiger charge is 2.22. The summed E-state index contributed by atoms with van der Waals surface area (Å²) in [5.74, 6) is -0.0117. The molecule has 2 aromatic rings. The number of rotatable bonds is 7. The SMILES string of the molecule is CCC(O)(CC)CNC(=O)CCc1c[nH]c2c(C)cccc12. The maximum absolute atomic E-state index is 12.0. The fourth-order valence-electron chi connectivity index (χ4n) is 2.67. The first kappa shape index (κ1) is 16.6. The van der Waals surface area contributed by atoms with E-state index in [0.717, 1.165) is 11.1 Å². The molecule has 4 nitrogen and oxygen atoms in total. The van der Waals surface area contributed by atoms with Gasteiger partial charge in [-0.25, -0.2) is 0 Å². The molecule has 0 atom stereocenters. The van der Waals surface area contributed by atoms with Crippen molar-refractivity contribution in [1.29, 1.82) is 0 Å². The lowest BCUT2D eigenvalue weighted by Gasteiger charge is -2.25. The van der Waals surface area contributed by atoms with Gasteiger partial charge in [-0.05, 0) is 37.3 Å². The molecular formula is C18H26N2O2. The highest BCUT2D eigenvalue weighted by Crippen LogP contribution is 2.22. The van der Waals surface area contributed by atoms with Crippen molar-refractivity contribution in [2.45, 2.75) is 52.1 Å². The Balaban J connectivity index is 1.92. The lowest BCUT2D eigenvalue weighted by atomic mass is 9.97. The van der Waals surface area contributed by atoms with Gasteiger partial charge in [0.15, 0.2) is 0 Å². The minimum Gasteiger partial charge on any atom is -0.388 e. The van der Waals surface area contributed by atoms with Crippen LogP contribution in [0.25, 0.3) is 10.9 Å². The maximum Gasteiger partial charge on any atom is 0.220 e. The average Bonchev–Trinajstić information content (AvgIpc) is 2.95. The fourth-order valence-corrected chi connectivity index (χ4v) is 2.67. The van der Waals surface area contributed by atoms with E-state index in [1.54, 1.807) is 0 Å². The Hall–Kier alpha value is -1.81. The standard InChI is InChI=1S/C18H26N2O2/c1-4-18(22,5-2)12-20-16(21)10-9-14-11-19-17-13(3)7-6-8-15(14)17/h6-8,11,19,22H,4-5,9-10,12H2,1-3H3,(H,20,21). The minimum absolute atomic E-state index is 0.0117. The minimum atomic E-state index is -0.784. The zero-order chi connectivity index (χ0) is 16.2. The van der Waals surface area contributed by atoms with E-state index >= 15 is 0 Å². The Kier molecular flexibility index (Phi) is 5.24. The van der Waals surface area contributed by atoms with E-state index in [2.05, 4.69) is 29.4 Å². The molecule has 0 aliphatic rings. The maximum atomic E-state index is 12.0. The summed E-state index contributed by atoms with van der Waals surface area (Å²) in [5.41, 5.74) is 2.73. The Morgan fingerprint density at radius 3 is 2.73 bits per heavy atom. The summed E-state index contributed by atoms with van der Waals surface area (Å²) in [4.78, 5) is 15.3. The van der Waals surface area contributed by atoms with Crippen molar-refractivity contribution in [3.05, 3.63) is 35.5 Å². The summed E-state index contributed by atoms with van der Waals surface area (Å²) in [6.45, 7) is 6.27. The number of aliphatic hydroxyl groups is 1. The van der Waals surface area contributed by atoms with E-state index in [1.807, 2.05) is 26.1 Å². The number of para-hydroxylation sites is 1. The summed E-state index contributed by atoms with van der Waals surface area (Å²) in [5, 5.41) is 14.2. The fraction of sp³-hybridized carbons (Fsp3) is 0.500. The van der Waals surface area contributed by atoms with Crippen molar-refractivity contribution < 1.29 is 9.90 Å². The third-order valence-electron chi connectivity index (χ3n) is 4.56. The molecule has 0 aliphatic heterocycles. The number of benzene rings is 1. The van der Waals surface area contributed by atoms with Gasteiger partial charge >= 0.3 is 0 Å². The van der Waals surface area contributed by atoms with Crippen LogP contribution in [-0.2, 0) is 11.2 Å². The molecular weight excluding hydrogens is 276 g/mol. The van der Waals surface area contributed by atoms with Crippen molar-refractivity contribution in [3.63, 3.8) is 0 Å². The monoisotopic (exact) mass is 302 g/mol. The van der Waals surface area contributed by atoms with Gasteiger partial charge in [0.25, 0.3) is 0 Å². The van der Waals surface area contributed by atoms with Crippen molar-refractivity contribution in [2.24, 2.45) is 0 Å². The lowest BCUT2D eigenvalue weighted by molar-refractivity contribution is -0.122. The molecule has 0 spiro atoms. The largest absolute Gasteiger partial charge is 0.388 e. The number of nitrogens with one attached hydrogen (secondary N) is 2. The van der Waals surface area contributed by atoms with Gasteiger partial charge in [0.2, 0.25) is 5.91 Å². The van der Waals surface area contributed by atoms with Crippen LogP contribution in [0.15, 0.2) is 24.4 Å². The predicted octanol–water partition coefficient (Wildman–Crippen LogP) is 3.08. The summed E-state index contributed by atoms with van der Waals surface area (Å²) in [6.07, 6.45) is 4.41. The quantitative estimate of drug-likeness (QED) is 0.736. The van der Waals surface area contributed by atoms with Gasteiger partial charge in [-0.3, -0.25) is 4.79 Å². The Morgan fingerprint density at radius 2 is 2.05 bits per heavy atom. The van der Waals surface area contributed by atoms with Crippen LogP contribution < -0.4 is 5.32 Å². The first-order chi connectivity index (χ1) is 10.5. The highest BCUT2D eigenvalue weighted by atomic mass is 16.3. The third-order valence-corrected chi connectivity index (χ3v) is 4.56. The summed E-state index contributed by atoms with van der Waals surface area (Å²) in [7, 11) is 0. The van der Waals surface area contributed by atoms with Crippen LogP contribution in [0.5, 0.6) is 0 Å².